The highest BCUT2D eigenvalue weighted by atomic mass is 16.5. The number of hydrogen-bond donors (Lipinski definition) is 0. The fourth-order valence-corrected chi connectivity index (χ4v) is 3.52. The third-order valence-electron chi connectivity index (χ3n) is 5.42. The standard InChI is InChI=1S/C25H26N4O3/c1-18(19-8-5-4-6-9-19)29(25(30)22-10-7-17-31-22)16-15-23-26-24(27-32-23)20-11-13-21(14-12-20)28(2)3/h4-14,17-18H,15-16H2,1-3H3. The van der Waals surface area contributed by atoms with Crippen molar-refractivity contribution >= 4 is 11.6 Å². The normalized spacial score (nSPS) is 11.8. The highest BCUT2D eigenvalue weighted by molar-refractivity contribution is 5.91. The van der Waals surface area contributed by atoms with Crippen molar-refractivity contribution in [1.82, 2.24) is 15.0 Å². The summed E-state index contributed by atoms with van der Waals surface area (Å²) in [5, 5.41) is 4.11. The average Bonchev–Trinajstić information content (AvgIpc) is 3.52. The van der Waals surface area contributed by atoms with E-state index in [9.17, 15) is 4.79 Å². The summed E-state index contributed by atoms with van der Waals surface area (Å²) in [5.41, 5.74) is 3.02. The minimum Gasteiger partial charge on any atom is -0.459 e. The van der Waals surface area contributed by atoms with Gasteiger partial charge in [0.1, 0.15) is 0 Å². The summed E-state index contributed by atoms with van der Waals surface area (Å²) in [7, 11) is 3.99. The number of anilines is 1. The number of aromatic nitrogens is 2. The van der Waals surface area contributed by atoms with E-state index in [1.165, 1.54) is 6.26 Å². The fraction of sp³-hybridized carbons (Fsp3) is 0.240. The van der Waals surface area contributed by atoms with E-state index in [-0.39, 0.29) is 11.9 Å². The molecule has 2 heterocycles. The number of benzene rings is 2. The molecule has 4 aromatic rings. The Kier molecular flexibility index (Phi) is 6.35. The molecule has 0 radical (unpaired) electrons. The van der Waals surface area contributed by atoms with Gasteiger partial charge in [0, 0.05) is 38.3 Å². The zero-order valence-electron chi connectivity index (χ0n) is 18.4. The molecule has 164 valence electrons. The molecule has 0 fully saturated rings. The summed E-state index contributed by atoms with van der Waals surface area (Å²) in [6.45, 7) is 2.42. The molecule has 2 aromatic heterocycles. The van der Waals surface area contributed by atoms with Crippen LogP contribution in [0.1, 0.15) is 35.0 Å². The first-order chi connectivity index (χ1) is 15.5. The number of hydrogen-bond acceptors (Lipinski definition) is 6. The molecule has 0 saturated heterocycles. The molecule has 7 heteroatoms. The third-order valence-corrected chi connectivity index (χ3v) is 5.42. The zero-order valence-corrected chi connectivity index (χ0v) is 18.4. The maximum absolute atomic E-state index is 13.1. The van der Waals surface area contributed by atoms with Crippen LogP contribution in [0.5, 0.6) is 0 Å². The second-order valence-electron chi connectivity index (χ2n) is 7.77. The summed E-state index contributed by atoms with van der Waals surface area (Å²) >= 11 is 0. The van der Waals surface area contributed by atoms with Gasteiger partial charge in [0.15, 0.2) is 5.76 Å². The number of furan rings is 1. The lowest BCUT2D eigenvalue weighted by molar-refractivity contribution is 0.0656. The number of carbonyl (C=O) groups is 1. The lowest BCUT2D eigenvalue weighted by atomic mass is 10.1. The number of rotatable bonds is 8. The van der Waals surface area contributed by atoms with E-state index in [0.717, 1.165) is 16.8 Å². The van der Waals surface area contributed by atoms with Crippen molar-refractivity contribution in [3.05, 3.63) is 90.2 Å². The molecule has 2 aromatic carbocycles. The number of amides is 1. The van der Waals surface area contributed by atoms with Crippen LogP contribution < -0.4 is 4.90 Å². The van der Waals surface area contributed by atoms with Gasteiger partial charge >= 0.3 is 0 Å². The molecule has 0 bridgehead atoms. The van der Waals surface area contributed by atoms with E-state index in [1.54, 1.807) is 17.0 Å². The van der Waals surface area contributed by atoms with Gasteiger partial charge in [0.25, 0.3) is 5.91 Å². The molecule has 0 aliphatic heterocycles. The van der Waals surface area contributed by atoms with E-state index in [4.69, 9.17) is 8.94 Å². The molecular formula is C25H26N4O3. The SMILES string of the molecule is CC(c1ccccc1)N(CCc1nc(-c2ccc(N(C)C)cc2)no1)C(=O)c1ccco1. The Morgan fingerprint density at radius 1 is 1.00 bits per heavy atom. The smallest absolute Gasteiger partial charge is 0.290 e. The van der Waals surface area contributed by atoms with Crippen molar-refractivity contribution in [2.45, 2.75) is 19.4 Å². The minimum absolute atomic E-state index is 0.144. The third kappa shape index (κ3) is 4.72. The molecule has 0 saturated carbocycles. The van der Waals surface area contributed by atoms with E-state index in [1.807, 2.05) is 80.5 Å². The molecular weight excluding hydrogens is 404 g/mol. The van der Waals surface area contributed by atoms with E-state index in [0.29, 0.717) is 30.4 Å². The lowest BCUT2D eigenvalue weighted by Gasteiger charge is -2.28. The first kappa shape index (κ1) is 21.4. The molecule has 4 rings (SSSR count). The van der Waals surface area contributed by atoms with Crippen LogP contribution in [0.4, 0.5) is 5.69 Å². The molecule has 1 atom stereocenters. The molecule has 32 heavy (non-hydrogen) atoms. The number of carbonyl (C=O) groups excluding carboxylic acids is 1. The Morgan fingerprint density at radius 2 is 1.75 bits per heavy atom. The van der Waals surface area contributed by atoms with Crippen LogP contribution in [0.15, 0.2) is 81.9 Å². The molecule has 0 aliphatic carbocycles. The molecule has 0 N–H and O–H groups in total. The highest BCUT2D eigenvalue weighted by Crippen LogP contribution is 2.24. The second-order valence-corrected chi connectivity index (χ2v) is 7.77. The van der Waals surface area contributed by atoms with Crippen LogP contribution in [0, 0.1) is 0 Å². The largest absolute Gasteiger partial charge is 0.459 e. The Balaban J connectivity index is 1.50. The van der Waals surface area contributed by atoms with Crippen LogP contribution in [0.25, 0.3) is 11.4 Å². The van der Waals surface area contributed by atoms with Crippen molar-refractivity contribution in [2.24, 2.45) is 0 Å². The van der Waals surface area contributed by atoms with Crippen molar-refractivity contribution < 1.29 is 13.7 Å². The topological polar surface area (TPSA) is 75.6 Å². The molecule has 0 spiro atoms. The van der Waals surface area contributed by atoms with Gasteiger partial charge in [-0.15, -0.1) is 0 Å². The van der Waals surface area contributed by atoms with Gasteiger partial charge in [-0.05, 0) is 48.9 Å². The zero-order chi connectivity index (χ0) is 22.5. The van der Waals surface area contributed by atoms with Crippen LogP contribution in [0.3, 0.4) is 0 Å². The van der Waals surface area contributed by atoms with Gasteiger partial charge in [0.2, 0.25) is 11.7 Å². The van der Waals surface area contributed by atoms with Gasteiger partial charge in [-0.1, -0.05) is 35.5 Å². The Bertz CT molecular complexity index is 1140. The summed E-state index contributed by atoms with van der Waals surface area (Å²) in [5.74, 6) is 1.14. The minimum atomic E-state index is -0.176. The van der Waals surface area contributed by atoms with Crippen LogP contribution in [0.2, 0.25) is 0 Å². The predicted octanol–water partition coefficient (Wildman–Crippen LogP) is 4.84. The molecule has 1 unspecified atom stereocenters. The summed E-state index contributed by atoms with van der Waals surface area (Å²) in [6.07, 6.45) is 1.94. The summed E-state index contributed by atoms with van der Waals surface area (Å²) < 4.78 is 10.8. The van der Waals surface area contributed by atoms with E-state index >= 15 is 0 Å². The van der Waals surface area contributed by atoms with Gasteiger partial charge in [-0.25, -0.2) is 0 Å². The molecule has 0 aliphatic rings. The van der Waals surface area contributed by atoms with Gasteiger partial charge < -0.3 is 18.7 Å². The molecule has 7 nitrogen and oxygen atoms in total. The van der Waals surface area contributed by atoms with Crippen LogP contribution >= 0.6 is 0 Å². The quantitative estimate of drug-likeness (QED) is 0.398. The van der Waals surface area contributed by atoms with Crippen molar-refractivity contribution in [1.29, 1.82) is 0 Å². The van der Waals surface area contributed by atoms with Gasteiger partial charge in [-0.3, -0.25) is 4.79 Å². The Morgan fingerprint density at radius 3 is 2.41 bits per heavy atom. The Labute approximate surface area is 187 Å². The fourth-order valence-electron chi connectivity index (χ4n) is 3.52. The van der Waals surface area contributed by atoms with Crippen molar-refractivity contribution in [3.8, 4) is 11.4 Å². The first-order valence-corrected chi connectivity index (χ1v) is 10.5. The average molecular weight is 431 g/mol. The first-order valence-electron chi connectivity index (χ1n) is 10.5. The Hall–Kier alpha value is -3.87. The predicted molar refractivity (Wildman–Crippen MR) is 122 cm³/mol. The highest BCUT2D eigenvalue weighted by Gasteiger charge is 2.25. The second kappa shape index (κ2) is 9.51. The van der Waals surface area contributed by atoms with Crippen molar-refractivity contribution in [2.75, 3.05) is 25.5 Å². The molecule has 1 amide bonds. The maximum atomic E-state index is 13.1. The lowest BCUT2D eigenvalue weighted by Crippen LogP contribution is -2.35. The van der Waals surface area contributed by atoms with Gasteiger partial charge in [0.05, 0.1) is 12.3 Å². The summed E-state index contributed by atoms with van der Waals surface area (Å²) in [6, 6.07) is 21.1. The van der Waals surface area contributed by atoms with Crippen molar-refractivity contribution in [3.63, 3.8) is 0 Å². The van der Waals surface area contributed by atoms with Gasteiger partial charge in [-0.2, -0.15) is 4.98 Å². The number of nitrogens with zero attached hydrogens (tertiary/aromatic N) is 4. The summed E-state index contributed by atoms with van der Waals surface area (Å²) in [4.78, 5) is 21.4. The van der Waals surface area contributed by atoms with E-state index in [2.05, 4.69) is 10.1 Å². The monoisotopic (exact) mass is 430 g/mol. The van der Waals surface area contributed by atoms with Crippen LogP contribution in [-0.2, 0) is 6.42 Å². The van der Waals surface area contributed by atoms with Crippen LogP contribution in [-0.4, -0.2) is 41.6 Å². The maximum Gasteiger partial charge on any atom is 0.290 e. The van der Waals surface area contributed by atoms with E-state index < -0.39 is 0 Å².